The summed E-state index contributed by atoms with van der Waals surface area (Å²) in [7, 11) is 0. The summed E-state index contributed by atoms with van der Waals surface area (Å²) in [6.07, 6.45) is 0. The smallest absolute Gasteiger partial charge is 0.173 e. The van der Waals surface area contributed by atoms with Gasteiger partial charge < -0.3 is 4.90 Å². The molecule has 1 aliphatic heterocycles. The lowest BCUT2D eigenvalue weighted by molar-refractivity contribution is 0.324. The van der Waals surface area contributed by atoms with Crippen LogP contribution in [-0.4, -0.2) is 35.5 Å². The average Bonchev–Trinajstić information content (AvgIpc) is 2.80. The number of fused-ring (bicyclic) bond motifs is 2. The number of amidine groups is 1. The number of rotatable bonds is 6. The molecule has 0 bridgehead atoms. The summed E-state index contributed by atoms with van der Waals surface area (Å²) in [5, 5.41) is 1.02. The monoisotopic (exact) mass is 433 g/mol. The largest absolute Gasteiger partial charge is 0.303 e. The Kier molecular flexibility index (Phi) is 7.16. The standard InChI is InChI=1S/C25H27N3S2/c1-3-27(4-2)18-19-29-25(26-20-12-6-5-7-13-20)28-21-14-8-10-16-23(21)30-24-17-11-9-15-22(24)28/h5-17H,3-4,18-19H2,1-2H3. The summed E-state index contributed by atoms with van der Waals surface area (Å²) in [6.45, 7) is 7.66. The second kappa shape index (κ2) is 10.2. The van der Waals surface area contributed by atoms with Crippen molar-refractivity contribution >= 4 is 45.8 Å². The van der Waals surface area contributed by atoms with E-state index in [-0.39, 0.29) is 0 Å². The third-order valence-electron chi connectivity index (χ3n) is 5.14. The van der Waals surface area contributed by atoms with Crippen LogP contribution in [0, 0.1) is 0 Å². The Bertz CT molecular complexity index is 955. The van der Waals surface area contributed by atoms with Gasteiger partial charge in [-0.25, -0.2) is 4.99 Å². The number of aliphatic imine (C=N–C) groups is 1. The first-order valence-corrected chi connectivity index (χ1v) is 12.2. The van der Waals surface area contributed by atoms with E-state index in [9.17, 15) is 0 Å². The normalized spacial score (nSPS) is 13.3. The van der Waals surface area contributed by atoms with Crippen LogP contribution in [0.1, 0.15) is 13.8 Å². The highest BCUT2D eigenvalue weighted by atomic mass is 32.2. The summed E-state index contributed by atoms with van der Waals surface area (Å²) in [5.41, 5.74) is 3.38. The zero-order chi connectivity index (χ0) is 20.8. The molecule has 3 nitrogen and oxygen atoms in total. The number of anilines is 2. The predicted molar refractivity (Wildman–Crippen MR) is 133 cm³/mol. The number of thioether (sulfide) groups is 1. The van der Waals surface area contributed by atoms with Crippen molar-refractivity contribution in [2.45, 2.75) is 23.6 Å². The van der Waals surface area contributed by atoms with Gasteiger partial charge in [0.1, 0.15) is 0 Å². The zero-order valence-corrected chi connectivity index (χ0v) is 19.1. The topological polar surface area (TPSA) is 18.8 Å². The predicted octanol–water partition coefficient (Wildman–Crippen LogP) is 7.05. The number of hydrogen-bond donors (Lipinski definition) is 0. The molecule has 0 aromatic heterocycles. The zero-order valence-electron chi connectivity index (χ0n) is 17.5. The van der Waals surface area contributed by atoms with E-state index in [1.165, 1.54) is 21.2 Å². The van der Waals surface area contributed by atoms with Crippen LogP contribution in [0.3, 0.4) is 0 Å². The molecule has 0 fully saturated rings. The SMILES string of the molecule is CCN(CC)CCSC(=Nc1ccccc1)N1c2ccccc2Sc2ccccc21. The highest BCUT2D eigenvalue weighted by Crippen LogP contribution is 2.49. The van der Waals surface area contributed by atoms with E-state index in [0.717, 1.165) is 36.2 Å². The van der Waals surface area contributed by atoms with Gasteiger partial charge in [-0.1, -0.05) is 79.8 Å². The van der Waals surface area contributed by atoms with Gasteiger partial charge >= 0.3 is 0 Å². The molecule has 4 rings (SSSR count). The van der Waals surface area contributed by atoms with Gasteiger partial charge in [0.25, 0.3) is 0 Å². The molecule has 0 atom stereocenters. The lowest BCUT2D eigenvalue weighted by Crippen LogP contribution is -2.29. The van der Waals surface area contributed by atoms with Crippen molar-refractivity contribution in [2.24, 2.45) is 4.99 Å². The van der Waals surface area contributed by atoms with E-state index >= 15 is 0 Å². The van der Waals surface area contributed by atoms with Crippen LogP contribution in [0.25, 0.3) is 0 Å². The molecule has 0 spiro atoms. The molecule has 0 unspecified atom stereocenters. The Morgan fingerprint density at radius 2 is 1.40 bits per heavy atom. The Morgan fingerprint density at radius 1 is 0.833 bits per heavy atom. The summed E-state index contributed by atoms with van der Waals surface area (Å²) in [5.74, 6) is 1.00. The molecular formula is C25H27N3S2. The van der Waals surface area contributed by atoms with Gasteiger partial charge in [-0.2, -0.15) is 0 Å². The molecule has 1 heterocycles. The van der Waals surface area contributed by atoms with Gasteiger partial charge in [0.2, 0.25) is 0 Å². The molecule has 3 aromatic carbocycles. The van der Waals surface area contributed by atoms with Crippen LogP contribution in [-0.2, 0) is 0 Å². The van der Waals surface area contributed by atoms with E-state index < -0.39 is 0 Å². The van der Waals surface area contributed by atoms with Crippen LogP contribution in [0.5, 0.6) is 0 Å². The van der Waals surface area contributed by atoms with Crippen LogP contribution >= 0.6 is 23.5 Å². The summed E-state index contributed by atoms with van der Waals surface area (Å²) < 4.78 is 0. The Morgan fingerprint density at radius 3 is 2.00 bits per heavy atom. The molecule has 0 N–H and O–H groups in total. The Balaban J connectivity index is 1.74. The fourth-order valence-corrected chi connectivity index (χ4v) is 5.56. The average molecular weight is 434 g/mol. The van der Waals surface area contributed by atoms with Crippen molar-refractivity contribution in [1.82, 2.24) is 4.90 Å². The van der Waals surface area contributed by atoms with E-state index in [1.54, 1.807) is 0 Å². The second-order valence-corrected chi connectivity index (χ2v) is 9.12. The lowest BCUT2D eigenvalue weighted by Gasteiger charge is -2.33. The minimum Gasteiger partial charge on any atom is -0.303 e. The number of nitrogens with zero attached hydrogens (tertiary/aromatic N) is 3. The maximum atomic E-state index is 5.11. The van der Waals surface area contributed by atoms with Crippen molar-refractivity contribution in [3.05, 3.63) is 78.9 Å². The van der Waals surface area contributed by atoms with Crippen molar-refractivity contribution in [3.8, 4) is 0 Å². The van der Waals surface area contributed by atoms with Gasteiger partial charge in [-0.05, 0) is 49.5 Å². The molecular weight excluding hydrogens is 406 g/mol. The van der Waals surface area contributed by atoms with Crippen LogP contribution in [0.2, 0.25) is 0 Å². The van der Waals surface area contributed by atoms with Crippen molar-refractivity contribution < 1.29 is 0 Å². The molecule has 154 valence electrons. The van der Waals surface area contributed by atoms with Gasteiger partial charge in [-0.3, -0.25) is 4.90 Å². The molecule has 30 heavy (non-hydrogen) atoms. The molecule has 0 radical (unpaired) electrons. The molecule has 0 amide bonds. The lowest BCUT2D eigenvalue weighted by atomic mass is 10.2. The summed E-state index contributed by atoms with van der Waals surface area (Å²) >= 11 is 3.67. The Hall–Kier alpha value is -2.21. The molecule has 3 aromatic rings. The third kappa shape index (κ3) is 4.75. The van der Waals surface area contributed by atoms with Crippen LogP contribution in [0.15, 0.2) is 93.6 Å². The van der Waals surface area contributed by atoms with Gasteiger partial charge in [0.05, 0.1) is 17.1 Å². The maximum absolute atomic E-state index is 5.11. The van der Waals surface area contributed by atoms with Crippen molar-refractivity contribution in [2.75, 3.05) is 30.3 Å². The summed E-state index contributed by atoms with van der Waals surface area (Å²) in [6, 6.07) is 27.5. The van der Waals surface area contributed by atoms with E-state index in [0.29, 0.717) is 0 Å². The fraction of sp³-hybridized carbons (Fsp3) is 0.240. The highest BCUT2D eigenvalue weighted by Gasteiger charge is 2.27. The quantitative estimate of drug-likeness (QED) is 0.306. The first-order valence-electron chi connectivity index (χ1n) is 10.4. The first kappa shape index (κ1) is 21.0. The molecule has 1 aliphatic rings. The third-order valence-corrected chi connectivity index (χ3v) is 7.19. The molecule has 0 saturated carbocycles. The number of para-hydroxylation sites is 3. The first-order chi connectivity index (χ1) is 14.8. The van der Waals surface area contributed by atoms with Gasteiger partial charge in [0, 0.05) is 22.1 Å². The van der Waals surface area contributed by atoms with Crippen molar-refractivity contribution in [3.63, 3.8) is 0 Å². The van der Waals surface area contributed by atoms with Crippen molar-refractivity contribution in [1.29, 1.82) is 0 Å². The molecule has 0 aliphatic carbocycles. The summed E-state index contributed by atoms with van der Waals surface area (Å²) in [4.78, 5) is 12.4. The van der Waals surface area contributed by atoms with E-state index in [4.69, 9.17) is 4.99 Å². The fourth-order valence-electron chi connectivity index (χ4n) is 3.48. The van der Waals surface area contributed by atoms with E-state index in [2.05, 4.69) is 84.3 Å². The van der Waals surface area contributed by atoms with E-state index in [1.807, 2.05) is 41.7 Å². The van der Waals surface area contributed by atoms with Crippen LogP contribution in [0.4, 0.5) is 17.1 Å². The van der Waals surface area contributed by atoms with Gasteiger partial charge in [-0.15, -0.1) is 0 Å². The molecule has 0 saturated heterocycles. The highest BCUT2D eigenvalue weighted by molar-refractivity contribution is 8.14. The Labute approximate surface area is 188 Å². The maximum Gasteiger partial charge on any atom is 0.173 e. The minimum atomic E-state index is 0.982. The second-order valence-electron chi connectivity index (χ2n) is 6.98. The minimum absolute atomic E-state index is 0.982. The number of benzene rings is 3. The van der Waals surface area contributed by atoms with Crippen LogP contribution < -0.4 is 4.90 Å². The number of hydrogen-bond acceptors (Lipinski definition) is 4. The van der Waals surface area contributed by atoms with Gasteiger partial charge in [0.15, 0.2) is 5.17 Å². The molecule has 5 heteroatoms.